The Hall–Kier alpha value is -1.46. The summed E-state index contributed by atoms with van der Waals surface area (Å²) in [7, 11) is 0. The standard InChI is InChI=1S/C25H34ClFN2O2/c26-23-16-20(27)5-8-22(23)25(31)19-10-13-29(14-11-19)12-9-17-3-6-21(7-4-17)28-24(30)15-18-1-2-18/h5,8,16-19,21H,1-4,6-7,9-15H2,(H,28,30). The predicted molar refractivity (Wildman–Crippen MR) is 121 cm³/mol. The summed E-state index contributed by atoms with van der Waals surface area (Å²) in [6.45, 7) is 2.95. The van der Waals surface area contributed by atoms with E-state index in [-0.39, 0.29) is 22.6 Å². The third-order valence-corrected chi connectivity index (χ3v) is 7.70. The van der Waals surface area contributed by atoms with Gasteiger partial charge in [0, 0.05) is 23.9 Å². The molecule has 2 aliphatic carbocycles. The SMILES string of the molecule is O=C(CC1CC1)NC1CCC(CCN2CCC(C(=O)c3ccc(F)cc3Cl)CC2)CC1. The maximum absolute atomic E-state index is 13.2. The highest BCUT2D eigenvalue weighted by molar-refractivity contribution is 6.34. The topological polar surface area (TPSA) is 49.4 Å². The highest BCUT2D eigenvalue weighted by Crippen LogP contribution is 2.33. The van der Waals surface area contributed by atoms with Crippen LogP contribution in [0.4, 0.5) is 4.39 Å². The van der Waals surface area contributed by atoms with Crippen molar-refractivity contribution >= 4 is 23.3 Å². The van der Waals surface area contributed by atoms with Crippen molar-refractivity contribution in [2.75, 3.05) is 19.6 Å². The van der Waals surface area contributed by atoms with Crippen LogP contribution in [0.5, 0.6) is 0 Å². The van der Waals surface area contributed by atoms with E-state index in [1.165, 1.54) is 50.3 Å². The Balaban J connectivity index is 1.13. The smallest absolute Gasteiger partial charge is 0.220 e. The summed E-state index contributed by atoms with van der Waals surface area (Å²) in [4.78, 5) is 27.2. The molecule has 3 aliphatic rings. The molecule has 0 radical (unpaired) electrons. The lowest BCUT2D eigenvalue weighted by Gasteiger charge is -2.34. The van der Waals surface area contributed by atoms with Crippen molar-refractivity contribution in [3.8, 4) is 0 Å². The summed E-state index contributed by atoms with van der Waals surface area (Å²) in [5.74, 6) is 1.27. The fraction of sp³-hybridized carbons (Fsp3) is 0.680. The quantitative estimate of drug-likeness (QED) is 0.553. The molecule has 1 N–H and O–H groups in total. The summed E-state index contributed by atoms with van der Waals surface area (Å²) in [6, 6.07) is 4.41. The molecule has 31 heavy (non-hydrogen) atoms. The number of nitrogens with one attached hydrogen (secondary N) is 1. The van der Waals surface area contributed by atoms with Gasteiger partial charge in [0.2, 0.25) is 5.91 Å². The normalized spacial score (nSPS) is 25.4. The lowest BCUT2D eigenvalue weighted by atomic mass is 9.83. The zero-order valence-electron chi connectivity index (χ0n) is 18.3. The molecule has 1 aromatic carbocycles. The Morgan fingerprint density at radius 2 is 1.68 bits per heavy atom. The molecule has 0 spiro atoms. The first-order chi connectivity index (χ1) is 15.0. The van der Waals surface area contributed by atoms with Gasteiger partial charge in [0.05, 0.1) is 5.02 Å². The highest BCUT2D eigenvalue weighted by Gasteiger charge is 2.29. The first-order valence-electron chi connectivity index (χ1n) is 12.0. The Labute approximate surface area is 189 Å². The first kappa shape index (κ1) is 22.7. The van der Waals surface area contributed by atoms with Crippen molar-refractivity contribution < 1.29 is 14.0 Å². The van der Waals surface area contributed by atoms with Gasteiger partial charge in [-0.1, -0.05) is 11.6 Å². The van der Waals surface area contributed by atoms with Crippen molar-refractivity contribution in [2.24, 2.45) is 17.8 Å². The Morgan fingerprint density at radius 3 is 2.32 bits per heavy atom. The van der Waals surface area contributed by atoms with Crippen LogP contribution in [0, 0.1) is 23.6 Å². The maximum Gasteiger partial charge on any atom is 0.220 e. The van der Waals surface area contributed by atoms with Crippen LogP contribution in [0.3, 0.4) is 0 Å². The molecule has 1 amide bonds. The molecule has 0 atom stereocenters. The molecule has 1 heterocycles. The van der Waals surface area contributed by atoms with Crippen molar-refractivity contribution in [1.82, 2.24) is 10.2 Å². The van der Waals surface area contributed by atoms with Gasteiger partial charge in [0.1, 0.15) is 5.82 Å². The molecular formula is C25H34ClFN2O2. The van der Waals surface area contributed by atoms with Gasteiger partial charge < -0.3 is 10.2 Å². The number of hydrogen-bond acceptors (Lipinski definition) is 3. The van der Waals surface area contributed by atoms with E-state index >= 15 is 0 Å². The Kier molecular flexibility index (Phi) is 7.65. The van der Waals surface area contributed by atoms with Gasteiger partial charge in [0.25, 0.3) is 0 Å². The van der Waals surface area contributed by atoms with Crippen LogP contribution < -0.4 is 5.32 Å². The fourth-order valence-electron chi connectivity index (χ4n) is 5.16. The van der Waals surface area contributed by atoms with Crippen molar-refractivity contribution in [2.45, 2.75) is 70.3 Å². The average Bonchev–Trinajstić information content (AvgIpc) is 3.57. The number of halogens is 2. The minimum Gasteiger partial charge on any atom is -0.353 e. The van der Waals surface area contributed by atoms with Gasteiger partial charge in [-0.2, -0.15) is 0 Å². The Bertz CT molecular complexity index is 782. The summed E-state index contributed by atoms with van der Waals surface area (Å²) in [5.41, 5.74) is 0.447. The predicted octanol–water partition coefficient (Wildman–Crippen LogP) is 5.24. The van der Waals surface area contributed by atoms with Crippen molar-refractivity contribution in [3.05, 3.63) is 34.6 Å². The molecule has 0 bridgehead atoms. The van der Waals surface area contributed by atoms with Gasteiger partial charge in [-0.3, -0.25) is 9.59 Å². The minimum atomic E-state index is -0.411. The third-order valence-electron chi connectivity index (χ3n) is 7.39. The number of ketones is 1. The van der Waals surface area contributed by atoms with E-state index in [0.29, 0.717) is 17.5 Å². The molecule has 0 aromatic heterocycles. The van der Waals surface area contributed by atoms with Crippen LogP contribution in [-0.4, -0.2) is 42.3 Å². The van der Waals surface area contributed by atoms with E-state index < -0.39 is 5.82 Å². The van der Waals surface area contributed by atoms with E-state index in [1.54, 1.807) is 0 Å². The van der Waals surface area contributed by atoms with Gasteiger partial charge >= 0.3 is 0 Å². The third kappa shape index (κ3) is 6.52. The molecule has 2 saturated carbocycles. The summed E-state index contributed by atoms with van der Waals surface area (Å²) in [5, 5.41) is 3.46. The zero-order valence-corrected chi connectivity index (χ0v) is 19.0. The number of amides is 1. The van der Waals surface area contributed by atoms with E-state index in [9.17, 15) is 14.0 Å². The number of hydrogen-bond donors (Lipinski definition) is 1. The van der Waals surface area contributed by atoms with Crippen LogP contribution in [-0.2, 0) is 4.79 Å². The molecular weight excluding hydrogens is 415 g/mol. The van der Waals surface area contributed by atoms with Crippen LogP contribution in [0.15, 0.2) is 18.2 Å². The molecule has 4 nitrogen and oxygen atoms in total. The maximum atomic E-state index is 13.2. The van der Waals surface area contributed by atoms with Crippen LogP contribution in [0.1, 0.15) is 74.6 Å². The van der Waals surface area contributed by atoms with Crippen LogP contribution in [0.25, 0.3) is 0 Å². The zero-order chi connectivity index (χ0) is 21.8. The number of carbonyl (C=O) groups is 2. The monoisotopic (exact) mass is 448 g/mol. The largest absolute Gasteiger partial charge is 0.353 e. The lowest BCUT2D eigenvalue weighted by Crippen LogP contribution is -2.39. The molecule has 4 rings (SSSR count). The molecule has 1 aliphatic heterocycles. The van der Waals surface area contributed by atoms with Crippen molar-refractivity contribution in [3.63, 3.8) is 0 Å². The second-order valence-corrected chi connectivity index (χ2v) is 10.2. The molecule has 1 saturated heterocycles. The van der Waals surface area contributed by atoms with E-state index in [4.69, 9.17) is 11.6 Å². The average molecular weight is 449 g/mol. The fourth-order valence-corrected chi connectivity index (χ4v) is 5.42. The second-order valence-electron chi connectivity index (χ2n) is 9.83. The van der Waals surface area contributed by atoms with Gasteiger partial charge in [-0.15, -0.1) is 0 Å². The lowest BCUT2D eigenvalue weighted by molar-refractivity contribution is -0.122. The van der Waals surface area contributed by atoms with Crippen LogP contribution >= 0.6 is 11.6 Å². The first-order valence-corrected chi connectivity index (χ1v) is 12.4. The number of likely N-dealkylation sites (tertiary alicyclic amines) is 1. The summed E-state index contributed by atoms with van der Waals surface area (Å²) < 4.78 is 13.2. The second kappa shape index (κ2) is 10.4. The summed E-state index contributed by atoms with van der Waals surface area (Å²) >= 11 is 6.08. The molecule has 1 aromatic rings. The van der Waals surface area contributed by atoms with Gasteiger partial charge in [-0.25, -0.2) is 4.39 Å². The number of nitrogens with zero attached hydrogens (tertiary/aromatic N) is 1. The van der Waals surface area contributed by atoms with E-state index in [2.05, 4.69) is 10.2 Å². The van der Waals surface area contributed by atoms with Gasteiger partial charge in [0.15, 0.2) is 5.78 Å². The number of piperidine rings is 1. The molecule has 0 unspecified atom stereocenters. The molecule has 170 valence electrons. The molecule has 3 fully saturated rings. The Morgan fingerprint density at radius 1 is 1.00 bits per heavy atom. The minimum absolute atomic E-state index is 0.0195. The van der Waals surface area contributed by atoms with E-state index in [0.717, 1.165) is 57.7 Å². The number of benzene rings is 1. The van der Waals surface area contributed by atoms with Crippen LogP contribution in [0.2, 0.25) is 5.02 Å². The summed E-state index contributed by atoms with van der Waals surface area (Å²) in [6.07, 6.45) is 10.7. The number of Topliss-reactive ketones (excluding diaryl/α,β-unsaturated/α-hetero) is 1. The number of rotatable bonds is 8. The van der Waals surface area contributed by atoms with E-state index in [1.807, 2.05) is 0 Å². The molecule has 6 heteroatoms. The van der Waals surface area contributed by atoms with Gasteiger partial charge in [-0.05, 0) is 107 Å². The van der Waals surface area contributed by atoms with Crippen molar-refractivity contribution in [1.29, 1.82) is 0 Å². The highest BCUT2D eigenvalue weighted by atomic mass is 35.5. The number of carbonyl (C=O) groups excluding carboxylic acids is 2.